The maximum absolute atomic E-state index is 12.6. The molecule has 5 rings (SSSR count). The number of aromatic nitrogens is 3. The molecule has 1 aromatic carbocycles. The zero-order valence-corrected chi connectivity index (χ0v) is 24.9. The van der Waals surface area contributed by atoms with Crippen LogP contribution in [0.5, 0.6) is 0 Å². The fourth-order valence-corrected chi connectivity index (χ4v) is 5.68. The number of nitrogens with one attached hydrogen (secondary N) is 4. The summed E-state index contributed by atoms with van der Waals surface area (Å²) in [6.07, 6.45) is 6.22. The minimum absolute atomic E-state index is 0.103. The summed E-state index contributed by atoms with van der Waals surface area (Å²) in [4.78, 5) is 52.5. The maximum atomic E-state index is 12.6. The molecule has 13 heteroatoms. The third kappa shape index (κ3) is 7.16. The Balaban J connectivity index is 1.20. The molecule has 0 bridgehead atoms. The number of hydrogen-bond acceptors (Lipinski definition) is 10. The van der Waals surface area contributed by atoms with E-state index in [1.54, 1.807) is 18.2 Å². The monoisotopic (exact) mass is 602 g/mol. The summed E-state index contributed by atoms with van der Waals surface area (Å²) in [5, 5.41) is 21.4. The normalized spacial score (nSPS) is 15.4. The molecule has 13 nitrogen and oxygen atoms in total. The smallest absolute Gasteiger partial charge is 0.337 e. The molecule has 2 aliphatic heterocycles. The molecule has 2 amide bonds. The van der Waals surface area contributed by atoms with Gasteiger partial charge in [-0.1, -0.05) is 19.1 Å². The van der Waals surface area contributed by atoms with E-state index in [1.807, 2.05) is 6.92 Å². The number of fused-ring (bicyclic) bond motifs is 1. The predicted octanol–water partition coefficient (Wildman–Crippen LogP) is 3.65. The molecule has 2 aromatic heterocycles. The van der Waals surface area contributed by atoms with Gasteiger partial charge < -0.3 is 36.0 Å². The van der Waals surface area contributed by atoms with Crippen LogP contribution in [-0.4, -0.2) is 77.4 Å². The molecule has 5 N–H and O–H groups in total. The summed E-state index contributed by atoms with van der Waals surface area (Å²) in [6, 6.07) is 8.55. The molecule has 2 aliphatic rings. The topological polar surface area (TPSA) is 171 Å². The Kier molecular flexibility index (Phi) is 9.72. The largest absolute Gasteiger partial charge is 0.480 e. The summed E-state index contributed by atoms with van der Waals surface area (Å²) >= 11 is 0. The van der Waals surface area contributed by atoms with Gasteiger partial charge in [-0.15, -0.1) is 0 Å². The van der Waals surface area contributed by atoms with Crippen LogP contribution in [0.3, 0.4) is 0 Å². The summed E-state index contributed by atoms with van der Waals surface area (Å²) in [7, 11) is 1.26. The van der Waals surface area contributed by atoms with Gasteiger partial charge in [-0.3, -0.25) is 0 Å². The number of carbonyl (C=O) groups excluding carboxylic acids is 2. The first kappa shape index (κ1) is 30.5. The Morgan fingerprint density at radius 1 is 1.16 bits per heavy atom. The van der Waals surface area contributed by atoms with Crippen molar-refractivity contribution in [3.8, 4) is 0 Å². The van der Waals surface area contributed by atoms with E-state index in [2.05, 4.69) is 48.3 Å². The Morgan fingerprint density at radius 3 is 2.73 bits per heavy atom. The SMILES string of the molecule is CCc1c(NC[C@H](NC(=O)Nc2cccc(C(=O)OC)c2)C(=O)O)ncnc1N1CCC(c2ccc3c(n2)NCCC3)CC1. The number of esters is 1. The van der Waals surface area contributed by atoms with Gasteiger partial charge in [-0.2, -0.15) is 0 Å². The van der Waals surface area contributed by atoms with Gasteiger partial charge in [0.15, 0.2) is 0 Å². The quantitative estimate of drug-likeness (QED) is 0.215. The number of carboxylic acids is 1. The van der Waals surface area contributed by atoms with Gasteiger partial charge in [0.25, 0.3) is 0 Å². The molecule has 0 unspecified atom stereocenters. The van der Waals surface area contributed by atoms with Crippen molar-refractivity contribution in [2.75, 3.05) is 54.1 Å². The highest BCUT2D eigenvalue weighted by Crippen LogP contribution is 2.33. The molecule has 232 valence electrons. The van der Waals surface area contributed by atoms with Gasteiger partial charge in [-0.25, -0.2) is 29.3 Å². The molecule has 0 saturated carbocycles. The third-order valence-electron chi connectivity index (χ3n) is 8.02. The first-order valence-corrected chi connectivity index (χ1v) is 14.9. The molecule has 0 aliphatic carbocycles. The van der Waals surface area contributed by atoms with E-state index in [0.717, 1.165) is 68.2 Å². The van der Waals surface area contributed by atoms with Gasteiger partial charge in [0.2, 0.25) is 0 Å². The summed E-state index contributed by atoms with van der Waals surface area (Å²) in [6.45, 7) is 4.50. The van der Waals surface area contributed by atoms with Crippen LogP contribution in [-0.2, 0) is 22.4 Å². The number of methoxy groups -OCH3 is 1. The van der Waals surface area contributed by atoms with E-state index < -0.39 is 24.0 Å². The highest BCUT2D eigenvalue weighted by Gasteiger charge is 2.27. The van der Waals surface area contributed by atoms with E-state index in [0.29, 0.717) is 23.8 Å². The summed E-state index contributed by atoms with van der Waals surface area (Å²) < 4.78 is 4.70. The van der Waals surface area contributed by atoms with Crippen molar-refractivity contribution in [1.82, 2.24) is 20.3 Å². The number of carboxylic acid groups (broad SMARTS) is 1. The van der Waals surface area contributed by atoms with Gasteiger partial charge >= 0.3 is 18.0 Å². The second-order valence-electron chi connectivity index (χ2n) is 10.9. The van der Waals surface area contributed by atoms with Crippen LogP contribution in [0.1, 0.15) is 59.3 Å². The van der Waals surface area contributed by atoms with E-state index in [9.17, 15) is 19.5 Å². The van der Waals surface area contributed by atoms with E-state index in [-0.39, 0.29) is 12.1 Å². The number of urea groups is 1. The second kappa shape index (κ2) is 14.0. The number of ether oxygens (including phenoxy) is 1. The lowest BCUT2D eigenvalue weighted by atomic mass is 9.92. The number of aliphatic carboxylic acids is 1. The fourth-order valence-electron chi connectivity index (χ4n) is 5.68. The molecular formula is C31H38N8O5. The van der Waals surface area contributed by atoms with Crippen LogP contribution in [0.4, 0.5) is 27.9 Å². The Morgan fingerprint density at radius 2 is 1.98 bits per heavy atom. The van der Waals surface area contributed by atoms with Crippen molar-refractivity contribution in [3.63, 3.8) is 0 Å². The maximum Gasteiger partial charge on any atom is 0.337 e. The molecule has 0 radical (unpaired) electrons. The number of pyridine rings is 1. The Labute approximate surface area is 255 Å². The molecule has 3 aromatic rings. The van der Waals surface area contributed by atoms with Gasteiger partial charge in [0.05, 0.1) is 12.7 Å². The highest BCUT2D eigenvalue weighted by atomic mass is 16.5. The summed E-state index contributed by atoms with van der Waals surface area (Å²) in [5.74, 6) is 0.992. The number of carbonyl (C=O) groups is 3. The lowest BCUT2D eigenvalue weighted by Crippen LogP contribution is -2.47. The van der Waals surface area contributed by atoms with Crippen LogP contribution < -0.4 is 26.2 Å². The standard InChI is InChI=1S/C31H38N8O5/c1-3-23-27(33-17-25(29(40)41)38-31(43)36-22-8-4-6-21(16-22)30(42)44-2)34-18-35-28(23)39-14-11-19(12-15-39)24-10-9-20-7-5-13-32-26(20)37-24/h4,6,8-10,16,18-19,25H,3,5,7,11-15,17H2,1-2H3,(H,32,37)(H,40,41)(H,33,34,35)(H2,36,38,43)/t25-/m0/s1. The molecule has 1 fully saturated rings. The van der Waals surface area contributed by atoms with E-state index in [1.165, 1.54) is 25.1 Å². The first-order chi connectivity index (χ1) is 21.4. The predicted molar refractivity (Wildman–Crippen MR) is 166 cm³/mol. The fraction of sp³-hybridized carbons (Fsp3) is 0.419. The Hall–Kier alpha value is -4.94. The van der Waals surface area contributed by atoms with Crippen LogP contribution in [0.2, 0.25) is 0 Å². The van der Waals surface area contributed by atoms with Crippen molar-refractivity contribution >= 4 is 41.1 Å². The molecule has 1 atom stereocenters. The molecule has 1 saturated heterocycles. The number of amides is 2. The van der Waals surface area contributed by atoms with Crippen molar-refractivity contribution < 1.29 is 24.2 Å². The zero-order valence-electron chi connectivity index (χ0n) is 24.9. The van der Waals surface area contributed by atoms with E-state index >= 15 is 0 Å². The molecular weight excluding hydrogens is 564 g/mol. The Bertz CT molecular complexity index is 1510. The van der Waals surface area contributed by atoms with Crippen molar-refractivity contribution in [2.45, 2.75) is 51.0 Å². The van der Waals surface area contributed by atoms with Gasteiger partial charge in [0, 0.05) is 49.0 Å². The zero-order chi connectivity index (χ0) is 31.1. The average molecular weight is 603 g/mol. The number of benzene rings is 1. The lowest BCUT2D eigenvalue weighted by Gasteiger charge is -2.34. The van der Waals surface area contributed by atoms with Crippen LogP contribution in [0.25, 0.3) is 0 Å². The highest BCUT2D eigenvalue weighted by molar-refractivity contribution is 5.95. The molecule has 4 heterocycles. The van der Waals surface area contributed by atoms with Gasteiger partial charge in [0.1, 0.15) is 29.8 Å². The van der Waals surface area contributed by atoms with Crippen LogP contribution in [0, 0.1) is 0 Å². The number of nitrogens with zero attached hydrogens (tertiary/aromatic N) is 4. The minimum atomic E-state index is -1.25. The molecule has 0 spiro atoms. The third-order valence-corrected chi connectivity index (χ3v) is 8.02. The average Bonchev–Trinajstić information content (AvgIpc) is 3.05. The summed E-state index contributed by atoms with van der Waals surface area (Å²) in [5.41, 5.74) is 3.88. The van der Waals surface area contributed by atoms with Crippen molar-refractivity contribution in [1.29, 1.82) is 0 Å². The van der Waals surface area contributed by atoms with Gasteiger partial charge in [-0.05, 0) is 61.9 Å². The first-order valence-electron chi connectivity index (χ1n) is 14.9. The number of piperidine rings is 1. The number of aryl methyl sites for hydroxylation is 1. The van der Waals surface area contributed by atoms with E-state index in [4.69, 9.17) is 9.72 Å². The molecule has 44 heavy (non-hydrogen) atoms. The lowest BCUT2D eigenvalue weighted by molar-refractivity contribution is -0.138. The minimum Gasteiger partial charge on any atom is -0.480 e. The second-order valence-corrected chi connectivity index (χ2v) is 10.9. The number of anilines is 4. The van der Waals surface area contributed by atoms with Crippen LogP contribution in [0.15, 0.2) is 42.7 Å². The van der Waals surface area contributed by atoms with Crippen molar-refractivity contribution in [3.05, 3.63) is 65.1 Å². The van der Waals surface area contributed by atoms with Crippen LogP contribution >= 0.6 is 0 Å². The number of rotatable bonds is 10. The van der Waals surface area contributed by atoms with Crippen molar-refractivity contribution in [2.24, 2.45) is 0 Å². The number of hydrogen-bond donors (Lipinski definition) is 5.